The number of nitrogen functional groups attached to an aromatic ring is 1. The first kappa shape index (κ1) is 13.7. The summed E-state index contributed by atoms with van der Waals surface area (Å²) < 4.78 is 5.10. The molecule has 2 N–H and O–H groups in total. The number of rotatable bonds is 2. The first-order valence-corrected chi connectivity index (χ1v) is 6.46. The van der Waals surface area contributed by atoms with Crippen molar-refractivity contribution in [3.63, 3.8) is 0 Å². The van der Waals surface area contributed by atoms with Crippen molar-refractivity contribution in [2.75, 3.05) is 39.5 Å². The number of nitrogens with two attached hydrogens (primary N) is 1. The van der Waals surface area contributed by atoms with Crippen LogP contribution in [0.3, 0.4) is 0 Å². The predicted molar refractivity (Wildman–Crippen MR) is 75.4 cm³/mol. The third-order valence-electron chi connectivity index (χ3n) is 3.58. The molecular weight excluding hydrogens is 242 g/mol. The van der Waals surface area contributed by atoms with Crippen molar-refractivity contribution in [1.29, 1.82) is 0 Å². The monoisotopic (exact) mass is 263 g/mol. The van der Waals surface area contributed by atoms with Crippen LogP contribution in [0.1, 0.15) is 17.3 Å². The Balaban J connectivity index is 2.19. The molecule has 1 amide bonds. The lowest BCUT2D eigenvalue weighted by Crippen LogP contribution is -2.52. The van der Waals surface area contributed by atoms with Crippen molar-refractivity contribution in [2.45, 2.75) is 13.0 Å². The molecule has 0 aromatic heterocycles. The second kappa shape index (κ2) is 5.48. The first-order chi connectivity index (χ1) is 9.02. The van der Waals surface area contributed by atoms with E-state index in [0.29, 0.717) is 17.0 Å². The fourth-order valence-corrected chi connectivity index (χ4v) is 2.46. The fraction of sp³-hybridized carbons (Fsp3) is 0.500. The zero-order valence-corrected chi connectivity index (χ0v) is 11.7. The van der Waals surface area contributed by atoms with Gasteiger partial charge in [0.05, 0.1) is 12.7 Å². The molecule has 1 unspecified atom stereocenters. The molecule has 0 bridgehead atoms. The molecule has 1 aliphatic rings. The number of benzene rings is 1. The maximum atomic E-state index is 12.5. The zero-order valence-electron chi connectivity index (χ0n) is 11.7. The molecule has 5 nitrogen and oxygen atoms in total. The summed E-state index contributed by atoms with van der Waals surface area (Å²) in [6.45, 7) is 4.59. The number of ether oxygens (including phenoxy) is 1. The van der Waals surface area contributed by atoms with Crippen molar-refractivity contribution < 1.29 is 9.53 Å². The molecule has 104 valence electrons. The van der Waals surface area contributed by atoms with E-state index in [4.69, 9.17) is 10.5 Å². The van der Waals surface area contributed by atoms with Gasteiger partial charge in [0.15, 0.2) is 0 Å². The number of carbonyl (C=O) groups is 1. The lowest BCUT2D eigenvalue weighted by molar-refractivity contribution is 0.0534. The number of anilines is 1. The molecule has 0 radical (unpaired) electrons. The Hall–Kier alpha value is -1.75. The molecule has 1 saturated heterocycles. The highest BCUT2D eigenvalue weighted by atomic mass is 16.5. The molecule has 1 heterocycles. The number of hydrogen-bond donors (Lipinski definition) is 1. The van der Waals surface area contributed by atoms with E-state index in [1.54, 1.807) is 25.3 Å². The van der Waals surface area contributed by atoms with Crippen LogP contribution < -0.4 is 10.5 Å². The molecule has 19 heavy (non-hydrogen) atoms. The van der Waals surface area contributed by atoms with Gasteiger partial charge in [-0.05, 0) is 26.1 Å². The van der Waals surface area contributed by atoms with Crippen LogP contribution in [-0.4, -0.2) is 55.5 Å². The molecule has 0 saturated carbocycles. The van der Waals surface area contributed by atoms with Gasteiger partial charge in [0, 0.05) is 37.4 Å². The Morgan fingerprint density at radius 3 is 2.74 bits per heavy atom. The minimum Gasteiger partial charge on any atom is -0.497 e. The van der Waals surface area contributed by atoms with Crippen LogP contribution in [0.5, 0.6) is 5.75 Å². The summed E-state index contributed by atoms with van der Waals surface area (Å²) in [6.07, 6.45) is 0. The lowest BCUT2D eigenvalue weighted by Gasteiger charge is -2.38. The number of piperazine rings is 1. The Bertz CT molecular complexity index is 476. The van der Waals surface area contributed by atoms with E-state index in [9.17, 15) is 4.79 Å². The van der Waals surface area contributed by atoms with E-state index in [1.165, 1.54) is 0 Å². The molecule has 0 spiro atoms. The van der Waals surface area contributed by atoms with Crippen LogP contribution in [0, 0.1) is 0 Å². The minimum absolute atomic E-state index is 0.000697. The van der Waals surface area contributed by atoms with Crippen molar-refractivity contribution in [3.8, 4) is 5.75 Å². The van der Waals surface area contributed by atoms with Crippen molar-refractivity contribution in [1.82, 2.24) is 9.80 Å². The Morgan fingerprint density at radius 2 is 2.16 bits per heavy atom. The van der Waals surface area contributed by atoms with Gasteiger partial charge in [-0.3, -0.25) is 4.79 Å². The third-order valence-corrected chi connectivity index (χ3v) is 3.58. The molecule has 1 aliphatic heterocycles. The average molecular weight is 263 g/mol. The van der Waals surface area contributed by atoms with Gasteiger partial charge < -0.3 is 20.3 Å². The summed E-state index contributed by atoms with van der Waals surface area (Å²) >= 11 is 0. The van der Waals surface area contributed by atoms with Crippen molar-refractivity contribution >= 4 is 11.6 Å². The molecule has 0 aliphatic carbocycles. The number of nitrogens with zero attached hydrogens (tertiary/aromatic N) is 2. The van der Waals surface area contributed by atoms with Crippen LogP contribution in [0.4, 0.5) is 5.69 Å². The second-order valence-electron chi connectivity index (χ2n) is 5.06. The van der Waals surface area contributed by atoms with E-state index < -0.39 is 0 Å². The maximum absolute atomic E-state index is 12.5. The van der Waals surface area contributed by atoms with Crippen LogP contribution in [-0.2, 0) is 0 Å². The van der Waals surface area contributed by atoms with Crippen LogP contribution in [0.2, 0.25) is 0 Å². The van der Waals surface area contributed by atoms with E-state index >= 15 is 0 Å². The summed E-state index contributed by atoms with van der Waals surface area (Å²) in [5, 5.41) is 0. The quantitative estimate of drug-likeness (QED) is 0.810. The van der Waals surface area contributed by atoms with Gasteiger partial charge in [0.2, 0.25) is 0 Å². The smallest absolute Gasteiger partial charge is 0.256 e. The number of likely N-dealkylation sites (N-methyl/N-ethyl adjacent to an activating group) is 1. The lowest BCUT2D eigenvalue weighted by atomic mass is 10.1. The molecule has 1 atom stereocenters. The molecule has 1 fully saturated rings. The summed E-state index contributed by atoms with van der Waals surface area (Å²) in [7, 11) is 3.65. The molecule has 1 aromatic rings. The normalized spacial score (nSPS) is 20.4. The average Bonchev–Trinajstić information content (AvgIpc) is 2.37. The number of carbonyl (C=O) groups excluding carboxylic acids is 1. The van der Waals surface area contributed by atoms with Crippen LogP contribution in [0.15, 0.2) is 18.2 Å². The number of hydrogen-bond acceptors (Lipinski definition) is 4. The highest BCUT2D eigenvalue weighted by Gasteiger charge is 2.27. The SMILES string of the molecule is COc1ccc(C(=O)N2CCN(C)CC2C)c(N)c1. The van der Waals surface area contributed by atoms with Crippen LogP contribution >= 0.6 is 0 Å². The second-order valence-corrected chi connectivity index (χ2v) is 5.06. The fourth-order valence-electron chi connectivity index (χ4n) is 2.46. The summed E-state index contributed by atoms with van der Waals surface area (Å²) in [6, 6.07) is 5.40. The topological polar surface area (TPSA) is 58.8 Å². The van der Waals surface area contributed by atoms with Gasteiger partial charge in [0.1, 0.15) is 5.75 Å². The van der Waals surface area contributed by atoms with E-state index in [2.05, 4.69) is 18.9 Å². The van der Waals surface area contributed by atoms with Gasteiger partial charge in [0.25, 0.3) is 5.91 Å². The highest BCUT2D eigenvalue weighted by Crippen LogP contribution is 2.22. The summed E-state index contributed by atoms with van der Waals surface area (Å²) in [5.74, 6) is 0.668. The molecule has 5 heteroatoms. The highest BCUT2D eigenvalue weighted by molar-refractivity contribution is 5.99. The largest absolute Gasteiger partial charge is 0.497 e. The predicted octanol–water partition coefficient (Wildman–Crippen LogP) is 1.05. The van der Waals surface area contributed by atoms with E-state index in [0.717, 1.165) is 19.6 Å². The summed E-state index contributed by atoms with van der Waals surface area (Å²) in [5.41, 5.74) is 6.96. The molecule has 2 rings (SSSR count). The number of amides is 1. The number of methoxy groups -OCH3 is 1. The van der Waals surface area contributed by atoms with Gasteiger partial charge in [-0.1, -0.05) is 0 Å². The Morgan fingerprint density at radius 1 is 1.42 bits per heavy atom. The van der Waals surface area contributed by atoms with Crippen molar-refractivity contribution in [2.24, 2.45) is 0 Å². The van der Waals surface area contributed by atoms with Gasteiger partial charge in [-0.25, -0.2) is 0 Å². The van der Waals surface area contributed by atoms with Gasteiger partial charge in [-0.15, -0.1) is 0 Å². The first-order valence-electron chi connectivity index (χ1n) is 6.46. The van der Waals surface area contributed by atoms with Crippen LogP contribution in [0.25, 0.3) is 0 Å². The van der Waals surface area contributed by atoms with Gasteiger partial charge >= 0.3 is 0 Å². The van der Waals surface area contributed by atoms with Gasteiger partial charge in [-0.2, -0.15) is 0 Å². The summed E-state index contributed by atoms with van der Waals surface area (Å²) in [4.78, 5) is 16.6. The molecular formula is C14H21N3O2. The van der Waals surface area contributed by atoms with E-state index in [1.807, 2.05) is 4.90 Å². The Labute approximate surface area is 113 Å². The zero-order chi connectivity index (χ0) is 14.0. The van der Waals surface area contributed by atoms with Crippen molar-refractivity contribution in [3.05, 3.63) is 23.8 Å². The Kier molecular flexibility index (Phi) is 3.95. The standard InChI is InChI=1S/C14H21N3O2/c1-10-9-16(2)6-7-17(10)14(18)12-5-4-11(19-3)8-13(12)15/h4-5,8,10H,6-7,9,15H2,1-3H3. The van der Waals surface area contributed by atoms with E-state index in [-0.39, 0.29) is 11.9 Å². The third kappa shape index (κ3) is 2.81. The molecule has 1 aromatic carbocycles. The maximum Gasteiger partial charge on any atom is 0.256 e. The minimum atomic E-state index is 0.000697.